The monoisotopic (exact) mass is 285 g/mol. The third kappa shape index (κ3) is 3.52. The second-order valence-electron chi connectivity index (χ2n) is 3.46. The molecule has 4 heteroatoms. The molecule has 0 aliphatic rings. The zero-order chi connectivity index (χ0) is 12.0. The number of methoxy groups -OCH3 is 1. The van der Waals surface area contributed by atoms with Crippen LogP contribution in [0.4, 0.5) is 5.69 Å². The lowest BCUT2D eigenvalue weighted by molar-refractivity contribution is 0.0601. The fraction of sp³-hybridized carbons (Fsp3) is 0.417. The van der Waals surface area contributed by atoms with E-state index < -0.39 is 0 Å². The summed E-state index contributed by atoms with van der Waals surface area (Å²) in [7, 11) is 1.39. The van der Waals surface area contributed by atoms with Crippen LogP contribution in [0.15, 0.2) is 22.7 Å². The highest BCUT2D eigenvalue weighted by Gasteiger charge is 2.11. The Balaban J connectivity index is 2.85. The molecule has 0 aromatic heterocycles. The van der Waals surface area contributed by atoms with Crippen LogP contribution in [0.25, 0.3) is 0 Å². The number of anilines is 1. The van der Waals surface area contributed by atoms with Crippen molar-refractivity contribution in [3.05, 3.63) is 28.2 Å². The molecule has 3 nitrogen and oxygen atoms in total. The summed E-state index contributed by atoms with van der Waals surface area (Å²) in [4.78, 5) is 11.5. The van der Waals surface area contributed by atoms with Gasteiger partial charge in [0, 0.05) is 16.7 Å². The molecular weight excluding hydrogens is 270 g/mol. The summed E-state index contributed by atoms with van der Waals surface area (Å²) in [6.07, 6.45) is 2.20. The first-order chi connectivity index (χ1) is 7.69. The third-order valence-electron chi connectivity index (χ3n) is 2.23. The van der Waals surface area contributed by atoms with Gasteiger partial charge in [-0.05, 0) is 24.6 Å². The Morgan fingerprint density at radius 3 is 2.88 bits per heavy atom. The maximum atomic E-state index is 11.5. The molecule has 0 amide bonds. The lowest BCUT2D eigenvalue weighted by Crippen LogP contribution is -2.09. The van der Waals surface area contributed by atoms with Crippen LogP contribution in [0.3, 0.4) is 0 Å². The minimum absolute atomic E-state index is 0.319. The molecule has 88 valence electrons. The minimum Gasteiger partial charge on any atom is -0.465 e. The number of esters is 1. The van der Waals surface area contributed by atoms with Gasteiger partial charge in [-0.2, -0.15) is 0 Å². The van der Waals surface area contributed by atoms with Crippen molar-refractivity contribution in [1.29, 1.82) is 0 Å². The van der Waals surface area contributed by atoms with E-state index in [2.05, 4.69) is 28.2 Å². The summed E-state index contributed by atoms with van der Waals surface area (Å²) in [5.41, 5.74) is 1.39. The van der Waals surface area contributed by atoms with Crippen LogP contribution in [0.1, 0.15) is 30.1 Å². The second kappa shape index (κ2) is 6.53. The summed E-state index contributed by atoms with van der Waals surface area (Å²) in [5.74, 6) is -0.319. The lowest BCUT2D eigenvalue weighted by atomic mass is 10.1. The summed E-state index contributed by atoms with van der Waals surface area (Å²) in [5, 5.41) is 3.23. The van der Waals surface area contributed by atoms with Crippen molar-refractivity contribution < 1.29 is 9.53 Å². The van der Waals surface area contributed by atoms with Crippen LogP contribution in [-0.2, 0) is 4.74 Å². The number of ether oxygens (including phenoxy) is 1. The van der Waals surface area contributed by atoms with Gasteiger partial charge >= 0.3 is 5.97 Å². The molecule has 0 bridgehead atoms. The summed E-state index contributed by atoms with van der Waals surface area (Å²) in [6.45, 7) is 2.99. The molecule has 1 aromatic carbocycles. The van der Waals surface area contributed by atoms with E-state index in [0.29, 0.717) is 5.56 Å². The Labute approximate surface area is 104 Å². The Morgan fingerprint density at radius 2 is 2.25 bits per heavy atom. The number of unbranched alkanes of at least 4 members (excludes halogenated alkanes) is 1. The lowest BCUT2D eigenvalue weighted by Gasteiger charge is -2.10. The largest absolute Gasteiger partial charge is 0.465 e. The van der Waals surface area contributed by atoms with Gasteiger partial charge in [0.15, 0.2) is 0 Å². The van der Waals surface area contributed by atoms with Crippen molar-refractivity contribution in [3.8, 4) is 0 Å². The van der Waals surface area contributed by atoms with Gasteiger partial charge < -0.3 is 10.1 Å². The van der Waals surface area contributed by atoms with E-state index in [4.69, 9.17) is 4.74 Å². The van der Waals surface area contributed by atoms with Crippen LogP contribution in [0.2, 0.25) is 0 Å². The molecule has 1 rings (SSSR count). The molecule has 1 N–H and O–H groups in total. The number of carbonyl (C=O) groups is 1. The van der Waals surface area contributed by atoms with Gasteiger partial charge in [0.05, 0.1) is 12.7 Å². The molecule has 0 aliphatic heterocycles. The molecule has 0 radical (unpaired) electrons. The summed E-state index contributed by atoms with van der Waals surface area (Å²) >= 11 is 3.34. The first-order valence-electron chi connectivity index (χ1n) is 5.30. The van der Waals surface area contributed by atoms with E-state index in [9.17, 15) is 4.79 Å². The van der Waals surface area contributed by atoms with Gasteiger partial charge in [0.2, 0.25) is 0 Å². The molecule has 0 fully saturated rings. The average Bonchev–Trinajstić information content (AvgIpc) is 2.30. The minimum atomic E-state index is -0.319. The fourth-order valence-electron chi connectivity index (χ4n) is 1.35. The number of benzene rings is 1. The quantitative estimate of drug-likeness (QED) is 0.665. The van der Waals surface area contributed by atoms with Crippen LogP contribution >= 0.6 is 15.9 Å². The maximum Gasteiger partial charge on any atom is 0.340 e. The molecular formula is C12H16BrNO2. The van der Waals surface area contributed by atoms with Crippen molar-refractivity contribution >= 4 is 27.6 Å². The number of hydrogen-bond donors (Lipinski definition) is 1. The predicted molar refractivity (Wildman–Crippen MR) is 68.9 cm³/mol. The van der Waals surface area contributed by atoms with Crippen LogP contribution in [-0.4, -0.2) is 19.6 Å². The van der Waals surface area contributed by atoms with Gasteiger partial charge in [0.1, 0.15) is 0 Å². The average molecular weight is 286 g/mol. The SMILES string of the molecule is CCCCNc1ccc(Br)cc1C(=O)OC. The van der Waals surface area contributed by atoms with E-state index in [-0.39, 0.29) is 5.97 Å². The highest BCUT2D eigenvalue weighted by atomic mass is 79.9. The molecule has 1 aromatic rings. The highest BCUT2D eigenvalue weighted by Crippen LogP contribution is 2.21. The Morgan fingerprint density at radius 1 is 1.50 bits per heavy atom. The Kier molecular flexibility index (Phi) is 5.32. The number of carbonyl (C=O) groups excluding carboxylic acids is 1. The smallest absolute Gasteiger partial charge is 0.340 e. The summed E-state index contributed by atoms with van der Waals surface area (Å²) in [6, 6.07) is 5.55. The predicted octanol–water partition coefficient (Wildman–Crippen LogP) is 3.45. The van der Waals surface area contributed by atoms with E-state index in [1.165, 1.54) is 7.11 Å². The van der Waals surface area contributed by atoms with Gasteiger partial charge in [-0.3, -0.25) is 0 Å². The maximum absolute atomic E-state index is 11.5. The van der Waals surface area contributed by atoms with Crippen LogP contribution < -0.4 is 5.32 Å². The van der Waals surface area contributed by atoms with E-state index >= 15 is 0 Å². The Hall–Kier alpha value is -1.03. The van der Waals surface area contributed by atoms with Gasteiger partial charge in [-0.15, -0.1) is 0 Å². The zero-order valence-electron chi connectivity index (χ0n) is 9.55. The molecule has 0 spiro atoms. The normalized spacial score (nSPS) is 9.94. The van der Waals surface area contributed by atoms with E-state index in [0.717, 1.165) is 29.5 Å². The molecule has 0 heterocycles. The van der Waals surface area contributed by atoms with Crippen molar-refractivity contribution in [3.63, 3.8) is 0 Å². The van der Waals surface area contributed by atoms with Crippen molar-refractivity contribution in [2.75, 3.05) is 19.0 Å². The number of hydrogen-bond acceptors (Lipinski definition) is 3. The first kappa shape index (κ1) is 13.0. The number of nitrogens with one attached hydrogen (secondary N) is 1. The van der Waals surface area contributed by atoms with E-state index in [1.54, 1.807) is 6.07 Å². The Bertz CT molecular complexity index is 366. The third-order valence-corrected chi connectivity index (χ3v) is 2.73. The van der Waals surface area contributed by atoms with Crippen LogP contribution in [0, 0.1) is 0 Å². The molecule has 0 unspecified atom stereocenters. The van der Waals surface area contributed by atoms with Gasteiger partial charge in [-0.1, -0.05) is 29.3 Å². The number of halogens is 1. The van der Waals surface area contributed by atoms with Gasteiger partial charge in [0.25, 0.3) is 0 Å². The molecule has 0 aliphatic carbocycles. The van der Waals surface area contributed by atoms with Crippen molar-refractivity contribution in [2.45, 2.75) is 19.8 Å². The van der Waals surface area contributed by atoms with Crippen molar-refractivity contribution in [1.82, 2.24) is 0 Å². The zero-order valence-corrected chi connectivity index (χ0v) is 11.1. The van der Waals surface area contributed by atoms with Crippen molar-refractivity contribution in [2.24, 2.45) is 0 Å². The molecule has 0 saturated carbocycles. The summed E-state index contributed by atoms with van der Waals surface area (Å²) < 4.78 is 5.61. The number of rotatable bonds is 5. The molecule has 16 heavy (non-hydrogen) atoms. The first-order valence-corrected chi connectivity index (χ1v) is 6.10. The second-order valence-corrected chi connectivity index (χ2v) is 4.38. The van der Waals surface area contributed by atoms with Crippen LogP contribution in [0.5, 0.6) is 0 Å². The van der Waals surface area contributed by atoms with E-state index in [1.807, 2.05) is 12.1 Å². The standard InChI is InChI=1S/C12H16BrNO2/c1-3-4-7-14-11-6-5-9(13)8-10(11)12(15)16-2/h5-6,8,14H,3-4,7H2,1-2H3. The van der Waals surface area contributed by atoms with Gasteiger partial charge in [-0.25, -0.2) is 4.79 Å². The topological polar surface area (TPSA) is 38.3 Å². The molecule has 0 atom stereocenters. The highest BCUT2D eigenvalue weighted by molar-refractivity contribution is 9.10. The molecule has 0 saturated heterocycles. The fourth-order valence-corrected chi connectivity index (χ4v) is 1.71.